The van der Waals surface area contributed by atoms with Crippen LogP contribution in [0.2, 0.25) is 0 Å². The van der Waals surface area contributed by atoms with Crippen LogP contribution in [-0.4, -0.2) is 20.1 Å². The van der Waals surface area contributed by atoms with E-state index in [4.69, 9.17) is 5.26 Å². The molecule has 0 radical (unpaired) electrons. The average molecular weight is 360 g/mol. The number of hydrogen-bond acceptors (Lipinski definition) is 5. The van der Waals surface area contributed by atoms with Crippen molar-refractivity contribution in [3.8, 4) is 6.07 Å². The van der Waals surface area contributed by atoms with Crippen LogP contribution in [0.3, 0.4) is 0 Å². The van der Waals surface area contributed by atoms with E-state index in [-0.39, 0.29) is 10.6 Å². The summed E-state index contributed by atoms with van der Waals surface area (Å²) in [5.74, 6) is 0.0312. The number of nitrogens with one attached hydrogen (secondary N) is 1. The number of benzene rings is 2. The number of aryl methyl sites for hydroxylation is 1. The Bertz CT molecular complexity index is 852. The van der Waals surface area contributed by atoms with Gasteiger partial charge in [-0.05, 0) is 36.8 Å². The van der Waals surface area contributed by atoms with Crippen LogP contribution >= 0.6 is 11.8 Å². The first-order chi connectivity index (χ1) is 11.4. The van der Waals surface area contributed by atoms with E-state index in [1.165, 1.54) is 23.9 Å². The van der Waals surface area contributed by atoms with E-state index in [0.717, 1.165) is 11.1 Å². The summed E-state index contributed by atoms with van der Waals surface area (Å²) in [4.78, 5) is 11.9. The third kappa shape index (κ3) is 5.11. The highest BCUT2D eigenvalue weighted by atomic mass is 32.2. The van der Waals surface area contributed by atoms with Crippen molar-refractivity contribution in [2.45, 2.75) is 17.6 Å². The van der Waals surface area contributed by atoms with Crippen molar-refractivity contribution in [1.82, 2.24) is 4.72 Å². The summed E-state index contributed by atoms with van der Waals surface area (Å²) in [5, 5.41) is 8.73. The van der Waals surface area contributed by atoms with Crippen molar-refractivity contribution >= 4 is 27.7 Å². The molecule has 124 valence electrons. The van der Waals surface area contributed by atoms with Crippen LogP contribution < -0.4 is 4.72 Å². The molecule has 5 nitrogen and oxygen atoms in total. The van der Waals surface area contributed by atoms with Crippen molar-refractivity contribution in [1.29, 1.82) is 5.26 Å². The fourth-order valence-electron chi connectivity index (χ4n) is 1.89. The fourth-order valence-corrected chi connectivity index (χ4v) is 3.76. The number of thioether (sulfide) groups is 1. The molecule has 1 amide bonds. The number of nitrogens with zero attached hydrogens (tertiary/aromatic N) is 1. The molecule has 0 atom stereocenters. The number of rotatable bonds is 6. The predicted octanol–water partition coefficient (Wildman–Crippen LogP) is 2.61. The number of hydrogen-bond donors (Lipinski definition) is 1. The van der Waals surface area contributed by atoms with Crippen LogP contribution in [0.25, 0.3) is 0 Å². The van der Waals surface area contributed by atoms with E-state index in [0.29, 0.717) is 11.3 Å². The minimum absolute atomic E-state index is 0.0328. The van der Waals surface area contributed by atoms with Gasteiger partial charge in [-0.15, -0.1) is 11.8 Å². The molecule has 7 heteroatoms. The second-order valence-electron chi connectivity index (χ2n) is 5.14. The quantitative estimate of drug-likeness (QED) is 0.855. The molecule has 2 rings (SSSR count). The van der Waals surface area contributed by atoms with Gasteiger partial charge in [0.1, 0.15) is 0 Å². The molecule has 0 fully saturated rings. The lowest BCUT2D eigenvalue weighted by Crippen LogP contribution is -2.31. The Kier molecular flexibility index (Phi) is 6.01. The van der Waals surface area contributed by atoms with Crippen LogP contribution in [0.4, 0.5) is 0 Å². The minimum Gasteiger partial charge on any atom is -0.273 e. The zero-order valence-electron chi connectivity index (χ0n) is 13.0. The van der Waals surface area contributed by atoms with Crippen LogP contribution in [0.5, 0.6) is 0 Å². The first kappa shape index (κ1) is 18.0. The lowest BCUT2D eigenvalue weighted by molar-refractivity contribution is -0.116. The Balaban J connectivity index is 1.86. The number of nitriles is 1. The smallest absolute Gasteiger partial charge is 0.264 e. The van der Waals surface area contributed by atoms with Crippen molar-refractivity contribution in [2.24, 2.45) is 0 Å². The molecule has 0 bridgehead atoms. The van der Waals surface area contributed by atoms with Crippen molar-refractivity contribution < 1.29 is 13.2 Å². The van der Waals surface area contributed by atoms with Gasteiger partial charge >= 0.3 is 0 Å². The molecule has 2 aromatic carbocycles. The minimum atomic E-state index is -3.83. The Morgan fingerprint density at radius 3 is 2.33 bits per heavy atom. The maximum Gasteiger partial charge on any atom is 0.264 e. The maximum absolute atomic E-state index is 12.1. The van der Waals surface area contributed by atoms with Crippen LogP contribution in [0.1, 0.15) is 16.7 Å². The van der Waals surface area contributed by atoms with Crippen molar-refractivity contribution in [2.75, 3.05) is 5.75 Å². The third-order valence-corrected chi connectivity index (χ3v) is 5.56. The van der Waals surface area contributed by atoms with Crippen molar-refractivity contribution in [3.63, 3.8) is 0 Å². The first-order valence-electron chi connectivity index (χ1n) is 7.10. The molecule has 0 unspecified atom stereocenters. The van der Waals surface area contributed by atoms with Gasteiger partial charge in [-0.1, -0.05) is 29.8 Å². The Hall–Kier alpha value is -2.30. The normalized spacial score (nSPS) is 10.8. The Morgan fingerprint density at radius 1 is 1.12 bits per heavy atom. The number of carbonyl (C=O) groups excluding carboxylic acids is 1. The number of carbonyl (C=O) groups is 1. The summed E-state index contributed by atoms with van der Waals surface area (Å²) < 4.78 is 26.2. The molecule has 2 aromatic rings. The average Bonchev–Trinajstić information content (AvgIpc) is 2.55. The van der Waals surface area contributed by atoms with Gasteiger partial charge < -0.3 is 0 Å². The van der Waals surface area contributed by atoms with Gasteiger partial charge in [0, 0.05) is 5.75 Å². The van der Waals surface area contributed by atoms with Crippen LogP contribution in [-0.2, 0) is 20.6 Å². The summed E-state index contributed by atoms with van der Waals surface area (Å²) in [5.41, 5.74) is 2.48. The van der Waals surface area contributed by atoms with E-state index in [2.05, 4.69) is 4.72 Å². The highest BCUT2D eigenvalue weighted by Gasteiger charge is 2.17. The van der Waals surface area contributed by atoms with Gasteiger partial charge in [0.2, 0.25) is 5.91 Å². The molecule has 0 saturated carbocycles. The van der Waals surface area contributed by atoms with E-state index in [1.807, 2.05) is 25.1 Å². The lowest BCUT2D eigenvalue weighted by Gasteiger charge is -2.07. The Labute approximate surface area is 145 Å². The topological polar surface area (TPSA) is 87.0 Å². The summed E-state index contributed by atoms with van der Waals surface area (Å²) >= 11 is 1.31. The molecule has 0 saturated heterocycles. The first-order valence-corrected chi connectivity index (χ1v) is 9.73. The summed E-state index contributed by atoms with van der Waals surface area (Å²) in [6.45, 7) is 1.86. The second-order valence-corrected chi connectivity index (χ2v) is 7.81. The molecule has 0 heterocycles. The largest absolute Gasteiger partial charge is 0.273 e. The van der Waals surface area contributed by atoms with Gasteiger partial charge in [-0.2, -0.15) is 5.26 Å². The number of amides is 1. The molecule has 0 aliphatic heterocycles. The summed E-state index contributed by atoms with van der Waals surface area (Å²) in [7, 11) is -3.83. The zero-order valence-corrected chi connectivity index (χ0v) is 14.7. The fraction of sp³-hybridized carbons (Fsp3) is 0.176. The van der Waals surface area contributed by atoms with Crippen molar-refractivity contribution in [3.05, 3.63) is 65.2 Å². The Morgan fingerprint density at radius 2 is 1.75 bits per heavy atom. The zero-order chi connectivity index (χ0) is 17.6. The third-order valence-electron chi connectivity index (χ3n) is 3.16. The SMILES string of the molecule is Cc1ccc(S(=O)(=O)NC(=O)CSCc2ccc(C#N)cc2)cc1. The van der Waals surface area contributed by atoms with Gasteiger partial charge in [0.05, 0.1) is 22.3 Å². The molecule has 24 heavy (non-hydrogen) atoms. The van der Waals surface area contributed by atoms with Crippen LogP contribution in [0, 0.1) is 18.3 Å². The second kappa shape index (κ2) is 7.99. The standard InChI is InChI=1S/C17H16N2O3S2/c1-13-2-8-16(9-3-13)24(21,22)19-17(20)12-23-11-15-6-4-14(10-18)5-7-15/h2-9H,11-12H2,1H3,(H,19,20). The van der Waals surface area contributed by atoms with Gasteiger partial charge in [-0.25, -0.2) is 13.1 Å². The van der Waals surface area contributed by atoms with Gasteiger partial charge in [0.15, 0.2) is 0 Å². The lowest BCUT2D eigenvalue weighted by atomic mass is 10.2. The number of sulfonamides is 1. The van der Waals surface area contributed by atoms with Crippen LogP contribution in [0.15, 0.2) is 53.4 Å². The molecular weight excluding hydrogens is 344 g/mol. The maximum atomic E-state index is 12.1. The molecule has 0 aromatic heterocycles. The monoisotopic (exact) mass is 360 g/mol. The molecule has 0 aliphatic carbocycles. The molecule has 0 spiro atoms. The van der Waals surface area contributed by atoms with E-state index < -0.39 is 15.9 Å². The summed E-state index contributed by atoms with van der Waals surface area (Å²) in [6, 6.07) is 15.4. The summed E-state index contributed by atoms with van der Waals surface area (Å²) in [6.07, 6.45) is 0. The van der Waals surface area contributed by atoms with Gasteiger partial charge in [0.25, 0.3) is 10.0 Å². The van der Waals surface area contributed by atoms with E-state index >= 15 is 0 Å². The predicted molar refractivity (Wildman–Crippen MR) is 93.8 cm³/mol. The molecule has 1 N–H and O–H groups in total. The van der Waals surface area contributed by atoms with E-state index in [1.54, 1.807) is 24.3 Å². The highest BCUT2D eigenvalue weighted by Crippen LogP contribution is 2.14. The highest BCUT2D eigenvalue weighted by molar-refractivity contribution is 7.99. The van der Waals surface area contributed by atoms with Gasteiger partial charge in [-0.3, -0.25) is 4.79 Å². The molecular formula is C17H16N2O3S2. The van der Waals surface area contributed by atoms with E-state index in [9.17, 15) is 13.2 Å². The molecule has 0 aliphatic rings.